The molecule has 3 heteroatoms. The van der Waals surface area contributed by atoms with Crippen LogP contribution in [0.4, 0.5) is 0 Å². The van der Waals surface area contributed by atoms with E-state index in [9.17, 15) is 0 Å². The number of nitrogens with one attached hydrogen (secondary N) is 1. The lowest BCUT2D eigenvalue weighted by Gasteiger charge is -2.29. The van der Waals surface area contributed by atoms with Crippen LogP contribution in [0.1, 0.15) is 39.2 Å². The molecule has 19 heavy (non-hydrogen) atoms. The lowest BCUT2D eigenvalue weighted by atomic mass is 10.1. The number of likely N-dealkylation sites (tertiary alicyclic amines) is 1. The van der Waals surface area contributed by atoms with Crippen LogP contribution < -0.4 is 5.32 Å². The first-order chi connectivity index (χ1) is 8.96. The van der Waals surface area contributed by atoms with Crippen LogP contribution >= 0.6 is 15.9 Å². The summed E-state index contributed by atoms with van der Waals surface area (Å²) in [5.41, 5.74) is 1.60. The van der Waals surface area contributed by atoms with Crippen LogP contribution in [0.15, 0.2) is 28.7 Å². The van der Waals surface area contributed by atoms with E-state index < -0.39 is 0 Å². The van der Waals surface area contributed by atoms with E-state index in [0.29, 0.717) is 6.04 Å². The minimum absolute atomic E-state index is 0.210. The van der Waals surface area contributed by atoms with Crippen molar-refractivity contribution in [1.82, 2.24) is 10.2 Å². The predicted octanol–water partition coefficient (Wildman–Crippen LogP) is 3.80. The first-order valence-electron chi connectivity index (χ1n) is 7.18. The molecule has 2 nitrogen and oxygen atoms in total. The van der Waals surface area contributed by atoms with Crippen molar-refractivity contribution in [2.24, 2.45) is 0 Å². The van der Waals surface area contributed by atoms with Gasteiger partial charge in [0.05, 0.1) is 0 Å². The third kappa shape index (κ3) is 4.59. The molecular formula is C16H25BrN2. The summed E-state index contributed by atoms with van der Waals surface area (Å²) < 4.78 is 1.23. The van der Waals surface area contributed by atoms with Crippen molar-refractivity contribution < 1.29 is 0 Å². The maximum atomic E-state index is 3.65. The van der Waals surface area contributed by atoms with Crippen LogP contribution in [0.25, 0.3) is 0 Å². The Morgan fingerprint density at radius 1 is 1.32 bits per heavy atom. The summed E-state index contributed by atoms with van der Waals surface area (Å²) in [5.74, 6) is 0. The fourth-order valence-electron chi connectivity index (χ4n) is 2.60. The Balaban J connectivity index is 1.94. The Hall–Kier alpha value is -0.380. The van der Waals surface area contributed by atoms with Gasteiger partial charge in [0.2, 0.25) is 0 Å². The van der Waals surface area contributed by atoms with E-state index in [1.807, 2.05) is 0 Å². The third-order valence-electron chi connectivity index (χ3n) is 3.70. The van der Waals surface area contributed by atoms with Crippen molar-refractivity contribution >= 4 is 15.9 Å². The average molecular weight is 325 g/mol. The molecule has 0 amide bonds. The minimum Gasteiger partial charge on any atom is -0.311 e. The van der Waals surface area contributed by atoms with Gasteiger partial charge in [-0.1, -0.05) is 34.1 Å². The molecule has 1 unspecified atom stereocenters. The first-order valence-corrected chi connectivity index (χ1v) is 7.97. The second-order valence-electron chi connectivity index (χ2n) is 6.49. The van der Waals surface area contributed by atoms with Gasteiger partial charge in [0, 0.05) is 29.1 Å². The number of hydrogen-bond donors (Lipinski definition) is 1. The zero-order chi connectivity index (χ0) is 13.9. The summed E-state index contributed by atoms with van der Waals surface area (Å²) in [4.78, 5) is 2.61. The number of halogens is 1. The Kier molecular flexibility index (Phi) is 5.04. The molecule has 1 aromatic rings. The van der Waals surface area contributed by atoms with E-state index in [1.165, 1.54) is 29.4 Å². The van der Waals surface area contributed by atoms with E-state index in [-0.39, 0.29) is 5.54 Å². The molecule has 0 radical (unpaired) electrons. The fourth-order valence-corrected chi connectivity index (χ4v) is 3.01. The molecule has 1 saturated heterocycles. The van der Waals surface area contributed by atoms with Crippen molar-refractivity contribution in [1.29, 1.82) is 0 Å². The molecule has 1 aliphatic rings. The molecule has 1 atom stereocenters. The molecule has 0 aromatic heterocycles. The molecule has 106 valence electrons. The van der Waals surface area contributed by atoms with Crippen molar-refractivity contribution in [3.05, 3.63) is 34.3 Å². The minimum atomic E-state index is 0.210. The van der Waals surface area contributed by atoms with Crippen molar-refractivity contribution in [3.8, 4) is 0 Å². The number of benzene rings is 1. The van der Waals surface area contributed by atoms with Gasteiger partial charge in [0.15, 0.2) is 0 Å². The third-order valence-corrected chi connectivity index (χ3v) is 4.47. The topological polar surface area (TPSA) is 15.3 Å². The summed E-state index contributed by atoms with van der Waals surface area (Å²) in [6.45, 7) is 10.1. The Morgan fingerprint density at radius 3 is 2.74 bits per heavy atom. The van der Waals surface area contributed by atoms with Gasteiger partial charge in [0.1, 0.15) is 0 Å². The fraction of sp³-hybridized carbons (Fsp3) is 0.625. The summed E-state index contributed by atoms with van der Waals surface area (Å²) in [6, 6.07) is 9.23. The normalized spacial score (nSPS) is 20.9. The molecule has 1 fully saturated rings. The Labute approximate surface area is 125 Å². The summed E-state index contributed by atoms with van der Waals surface area (Å²) in [5, 5.41) is 3.64. The van der Waals surface area contributed by atoms with Crippen molar-refractivity contribution in [2.75, 3.05) is 13.1 Å². The van der Waals surface area contributed by atoms with E-state index in [0.717, 1.165) is 13.1 Å². The van der Waals surface area contributed by atoms with Gasteiger partial charge < -0.3 is 5.32 Å². The highest BCUT2D eigenvalue weighted by atomic mass is 79.9. The molecule has 1 N–H and O–H groups in total. The van der Waals surface area contributed by atoms with Crippen LogP contribution in [0, 0.1) is 0 Å². The predicted molar refractivity (Wildman–Crippen MR) is 85.3 cm³/mol. The average Bonchev–Trinajstić information content (AvgIpc) is 2.76. The van der Waals surface area contributed by atoms with Gasteiger partial charge in [0.25, 0.3) is 0 Å². The Bertz CT molecular complexity index is 411. The van der Waals surface area contributed by atoms with Gasteiger partial charge in [-0.15, -0.1) is 0 Å². The van der Waals surface area contributed by atoms with Crippen LogP contribution in [0.2, 0.25) is 0 Å². The van der Waals surface area contributed by atoms with Gasteiger partial charge >= 0.3 is 0 Å². The van der Waals surface area contributed by atoms with E-state index >= 15 is 0 Å². The number of nitrogens with zero attached hydrogens (tertiary/aromatic N) is 1. The molecule has 0 saturated carbocycles. The highest BCUT2D eigenvalue weighted by Gasteiger charge is 2.25. The zero-order valence-corrected chi connectivity index (χ0v) is 13.8. The quantitative estimate of drug-likeness (QED) is 0.906. The Morgan fingerprint density at radius 2 is 2.05 bits per heavy atom. The maximum absolute atomic E-state index is 3.65. The molecule has 0 spiro atoms. The molecule has 0 bridgehead atoms. The zero-order valence-electron chi connectivity index (χ0n) is 12.2. The van der Waals surface area contributed by atoms with E-state index in [4.69, 9.17) is 0 Å². The molecule has 0 aliphatic carbocycles. The van der Waals surface area contributed by atoms with Crippen molar-refractivity contribution in [2.45, 2.75) is 51.7 Å². The number of hydrogen-bond acceptors (Lipinski definition) is 2. The summed E-state index contributed by atoms with van der Waals surface area (Å²) in [6.07, 6.45) is 2.63. The van der Waals surface area contributed by atoms with Gasteiger partial charge in [-0.3, -0.25) is 4.90 Å². The maximum Gasteiger partial charge on any atom is 0.0248 e. The van der Waals surface area contributed by atoms with Crippen LogP contribution in [0.3, 0.4) is 0 Å². The highest BCUT2D eigenvalue weighted by Crippen LogP contribution is 2.23. The lowest BCUT2D eigenvalue weighted by molar-refractivity contribution is 0.225. The lowest BCUT2D eigenvalue weighted by Crippen LogP contribution is -2.45. The standard InChI is InChI=1S/C16H25BrN2/c1-16(2,3)18-11-14-8-6-10-19(14)12-13-7-4-5-9-15(13)17/h4-5,7,9,14,18H,6,8,10-12H2,1-3H3. The largest absolute Gasteiger partial charge is 0.311 e. The van der Waals surface area contributed by atoms with Crippen LogP contribution in [-0.2, 0) is 6.54 Å². The van der Waals surface area contributed by atoms with Crippen LogP contribution in [-0.4, -0.2) is 29.6 Å². The molecule has 1 aliphatic heterocycles. The molecular weight excluding hydrogens is 300 g/mol. The monoisotopic (exact) mass is 324 g/mol. The van der Waals surface area contributed by atoms with Gasteiger partial charge in [-0.05, 0) is 51.8 Å². The second-order valence-corrected chi connectivity index (χ2v) is 7.34. The molecule has 1 aromatic carbocycles. The smallest absolute Gasteiger partial charge is 0.0248 e. The van der Waals surface area contributed by atoms with Crippen LogP contribution in [0.5, 0.6) is 0 Å². The van der Waals surface area contributed by atoms with Gasteiger partial charge in [-0.2, -0.15) is 0 Å². The number of rotatable bonds is 4. The highest BCUT2D eigenvalue weighted by molar-refractivity contribution is 9.10. The van der Waals surface area contributed by atoms with E-state index in [2.05, 4.69) is 71.2 Å². The second kappa shape index (κ2) is 6.38. The van der Waals surface area contributed by atoms with E-state index in [1.54, 1.807) is 0 Å². The first kappa shape index (κ1) is 15.0. The molecule has 1 heterocycles. The van der Waals surface area contributed by atoms with Crippen molar-refractivity contribution in [3.63, 3.8) is 0 Å². The SMILES string of the molecule is CC(C)(C)NCC1CCCN1Cc1ccccc1Br. The summed E-state index contributed by atoms with van der Waals surface area (Å²) in [7, 11) is 0. The summed E-state index contributed by atoms with van der Waals surface area (Å²) >= 11 is 3.65. The van der Waals surface area contributed by atoms with Gasteiger partial charge in [-0.25, -0.2) is 0 Å². The molecule has 2 rings (SSSR count).